The number of nitrogens with one attached hydrogen (secondary N) is 2. The number of rotatable bonds is 4. The van der Waals surface area contributed by atoms with Crippen molar-refractivity contribution >= 4 is 11.7 Å². The minimum Gasteiger partial charge on any atom is -0.347 e. The SMILES string of the molecule is NNc1cccc(C(=O)NCc2ccc(F)c(F)c2)n1. The average Bonchev–Trinajstić information content (AvgIpc) is 2.48. The summed E-state index contributed by atoms with van der Waals surface area (Å²) in [6, 6.07) is 8.17. The maximum absolute atomic E-state index is 13.0. The number of nitrogens with zero attached hydrogens (tertiary/aromatic N) is 1. The molecule has 0 bridgehead atoms. The summed E-state index contributed by atoms with van der Waals surface area (Å²) in [6.07, 6.45) is 0. The Bertz CT molecular complexity index is 634. The van der Waals surface area contributed by atoms with Crippen LogP contribution in [0, 0.1) is 11.6 Å². The average molecular weight is 278 g/mol. The van der Waals surface area contributed by atoms with Gasteiger partial charge >= 0.3 is 0 Å². The summed E-state index contributed by atoms with van der Waals surface area (Å²) in [5, 5.41) is 2.55. The largest absolute Gasteiger partial charge is 0.347 e. The Morgan fingerprint density at radius 3 is 2.70 bits per heavy atom. The van der Waals surface area contributed by atoms with Crippen molar-refractivity contribution < 1.29 is 13.6 Å². The molecule has 0 saturated carbocycles. The Labute approximate surface area is 113 Å². The van der Waals surface area contributed by atoms with Crippen LogP contribution in [0.2, 0.25) is 0 Å². The molecular weight excluding hydrogens is 266 g/mol. The van der Waals surface area contributed by atoms with Crippen LogP contribution in [0.5, 0.6) is 0 Å². The number of benzene rings is 1. The van der Waals surface area contributed by atoms with Crippen molar-refractivity contribution in [3.8, 4) is 0 Å². The van der Waals surface area contributed by atoms with Crippen molar-refractivity contribution in [2.75, 3.05) is 5.43 Å². The lowest BCUT2D eigenvalue weighted by Gasteiger charge is -2.06. The van der Waals surface area contributed by atoms with Crippen molar-refractivity contribution in [2.24, 2.45) is 5.84 Å². The van der Waals surface area contributed by atoms with Crippen LogP contribution in [-0.4, -0.2) is 10.9 Å². The number of nitrogens with two attached hydrogens (primary N) is 1. The van der Waals surface area contributed by atoms with Gasteiger partial charge in [-0.2, -0.15) is 0 Å². The molecule has 1 amide bonds. The van der Waals surface area contributed by atoms with Gasteiger partial charge < -0.3 is 10.7 Å². The molecule has 4 N–H and O–H groups in total. The predicted octanol–water partition coefficient (Wildman–Crippen LogP) is 1.58. The van der Waals surface area contributed by atoms with Gasteiger partial charge in [0.25, 0.3) is 5.91 Å². The number of anilines is 1. The van der Waals surface area contributed by atoms with Crippen LogP contribution in [0.25, 0.3) is 0 Å². The van der Waals surface area contributed by atoms with Gasteiger partial charge in [0.1, 0.15) is 11.5 Å². The number of hydrazine groups is 1. The second-order valence-electron chi connectivity index (χ2n) is 3.98. The molecule has 20 heavy (non-hydrogen) atoms. The molecule has 0 radical (unpaired) electrons. The highest BCUT2D eigenvalue weighted by Crippen LogP contribution is 2.09. The van der Waals surface area contributed by atoms with E-state index < -0.39 is 17.5 Å². The fourth-order valence-corrected chi connectivity index (χ4v) is 1.56. The minimum absolute atomic E-state index is 0.0675. The van der Waals surface area contributed by atoms with Crippen LogP contribution in [0.15, 0.2) is 36.4 Å². The molecule has 5 nitrogen and oxygen atoms in total. The van der Waals surface area contributed by atoms with Crippen LogP contribution in [-0.2, 0) is 6.54 Å². The molecule has 2 aromatic rings. The Morgan fingerprint density at radius 2 is 2.00 bits per heavy atom. The van der Waals surface area contributed by atoms with E-state index in [0.29, 0.717) is 11.4 Å². The standard InChI is InChI=1S/C13H12F2N4O/c14-9-5-4-8(6-10(9)15)7-17-13(20)11-2-1-3-12(18-11)19-16/h1-6H,7,16H2,(H,17,20)(H,18,19). The number of amides is 1. The summed E-state index contributed by atoms with van der Waals surface area (Å²) < 4.78 is 25.8. The lowest BCUT2D eigenvalue weighted by Crippen LogP contribution is -2.24. The summed E-state index contributed by atoms with van der Waals surface area (Å²) in [6.45, 7) is 0.0675. The molecule has 2 rings (SSSR count). The first-order valence-electron chi connectivity index (χ1n) is 5.76. The third-order valence-corrected chi connectivity index (χ3v) is 2.57. The molecular formula is C13H12F2N4O. The van der Waals surface area contributed by atoms with Crippen LogP contribution < -0.4 is 16.6 Å². The van der Waals surface area contributed by atoms with Gasteiger partial charge in [-0.05, 0) is 29.8 Å². The van der Waals surface area contributed by atoms with E-state index in [1.165, 1.54) is 12.1 Å². The fourth-order valence-electron chi connectivity index (χ4n) is 1.56. The lowest BCUT2D eigenvalue weighted by atomic mass is 10.2. The molecule has 0 aliphatic rings. The summed E-state index contributed by atoms with van der Waals surface area (Å²) in [4.78, 5) is 15.8. The van der Waals surface area contributed by atoms with Gasteiger partial charge in [0.2, 0.25) is 0 Å². The molecule has 7 heteroatoms. The van der Waals surface area contributed by atoms with Crippen LogP contribution in [0.4, 0.5) is 14.6 Å². The zero-order chi connectivity index (χ0) is 14.5. The van der Waals surface area contributed by atoms with Gasteiger partial charge in [-0.25, -0.2) is 19.6 Å². The Hall–Kier alpha value is -2.54. The highest BCUT2D eigenvalue weighted by atomic mass is 19.2. The molecule has 1 aromatic heterocycles. The highest BCUT2D eigenvalue weighted by Gasteiger charge is 2.08. The van der Waals surface area contributed by atoms with E-state index in [1.54, 1.807) is 12.1 Å². The van der Waals surface area contributed by atoms with Gasteiger partial charge in [0.05, 0.1) is 0 Å². The first-order valence-corrected chi connectivity index (χ1v) is 5.76. The summed E-state index contributed by atoms with van der Waals surface area (Å²) >= 11 is 0. The maximum atomic E-state index is 13.0. The molecule has 0 fully saturated rings. The topological polar surface area (TPSA) is 80.0 Å². The molecule has 0 saturated heterocycles. The molecule has 0 unspecified atom stereocenters. The number of carbonyl (C=O) groups is 1. The Kier molecular flexibility index (Phi) is 4.21. The van der Waals surface area contributed by atoms with Crippen LogP contribution in [0.1, 0.15) is 16.1 Å². The lowest BCUT2D eigenvalue weighted by molar-refractivity contribution is 0.0946. The molecule has 1 heterocycles. The van der Waals surface area contributed by atoms with Crippen LogP contribution in [0.3, 0.4) is 0 Å². The van der Waals surface area contributed by atoms with E-state index in [2.05, 4.69) is 15.7 Å². The summed E-state index contributed by atoms with van der Waals surface area (Å²) in [7, 11) is 0. The number of hydrogen-bond acceptors (Lipinski definition) is 4. The third-order valence-electron chi connectivity index (χ3n) is 2.57. The number of hydrogen-bond donors (Lipinski definition) is 3. The molecule has 104 valence electrons. The van der Waals surface area contributed by atoms with Crippen molar-refractivity contribution in [1.29, 1.82) is 0 Å². The summed E-state index contributed by atoms with van der Waals surface area (Å²) in [5.74, 6) is 3.23. The van der Waals surface area contributed by atoms with Gasteiger partial charge in [0.15, 0.2) is 11.6 Å². The zero-order valence-electron chi connectivity index (χ0n) is 10.4. The van der Waals surface area contributed by atoms with E-state index in [-0.39, 0.29) is 12.2 Å². The summed E-state index contributed by atoms with van der Waals surface area (Å²) in [5.41, 5.74) is 2.95. The Balaban J connectivity index is 2.02. The second-order valence-corrected chi connectivity index (χ2v) is 3.98. The Morgan fingerprint density at radius 1 is 1.20 bits per heavy atom. The van der Waals surface area contributed by atoms with E-state index in [9.17, 15) is 13.6 Å². The molecule has 0 atom stereocenters. The predicted molar refractivity (Wildman–Crippen MR) is 69.6 cm³/mol. The number of carbonyl (C=O) groups excluding carboxylic acids is 1. The van der Waals surface area contributed by atoms with Crippen molar-refractivity contribution in [3.05, 3.63) is 59.3 Å². The van der Waals surface area contributed by atoms with Gasteiger partial charge in [-0.1, -0.05) is 12.1 Å². The van der Waals surface area contributed by atoms with Crippen molar-refractivity contribution in [3.63, 3.8) is 0 Å². The normalized spacial score (nSPS) is 10.2. The maximum Gasteiger partial charge on any atom is 0.270 e. The van der Waals surface area contributed by atoms with Crippen LogP contribution >= 0.6 is 0 Å². The van der Waals surface area contributed by atoms with E-state index in [0.717, 1.165) is 12.1 Å². The van der Waals surface area contributed by atoms with Gasteiger partial charge in [0, 0.05) is 6.54 Å². The quantitative estimate of drug-likeness (QED) is 0.586. The number of aromatic nitrogens is 1. The first kappa shape index (κ1) is 13.9. The van der Waals surface area contributed by atoms with E-state index in [1.807, 2.05) is 0 Å². The monoisotopic (exact) mass is 278 g/mol. The first-order chi connectivity index (χ1) is 9.60. The molecule has 0 aliphatic carbocycles. The molecule has 0 spiro atoms. The fraction of sp³-hybridized carbons (Fsp3) is 0.0769. The second kappa shape index (κ2) is 6.07. The smallest absolute Gasteiger partial charge is 0.270 e. The van der Waals surface area contributed by atoms with Gasteiger partial charge in [-0.3, -0.25) is 4.79 Å². The van der Waals surface area contributed by atoms with E-state index >= 15 is 0 Å². The molecule has 0 aliphatic heterocycles. The van der Waals surface area contributed by atoms with Gasteiger partial charge in [-0.15, -0.1) is 0 Å². The minimum atomic E-state index is -0.954. The van der Waals surface area contributed by atoms with Crippen molar-refractivity contribution in [1.82, 2.24) is 10.3 Å². The number of halogens is 2. The highest BCUT2D eigenvalue weighted by molar-refractivity contribution is 5.92. The number of pyridine rings is 1. The molecule has 1 aromatic carbocycles. The zero-order valence-corrected chi connectivity index (χ0v) is 10.4. The van der Waals surface area contributed by atoms with Crippen molar-refractivity contribution in [2.45, 2.75) is 6.54 Å². The number of nitrogen functional groups attached to an aromatic ring is 1. The third kappa shape index (κ3) is 3.27. The van der Waals surface area contributed by atoms with E-state index in [4.69, 9.17) is 5.84 Å².